The number of halogens is 1. The van der Waals surface area contributed by atoms with Crippen LogP contribution in [0.1, 0.15) is 12.5 Å². The Morgan fingerprint density at radius 2 is 2.12 bits per heavy atom. The fourth-order valence-corrected chi connectivity index (χ4v) is 2.62. The molecule has 0 radical (unpaired) electrons. The minimum atomic E-state index is -3.69. The Bertz CT molecular complexity index is 491. The topological polar surface area (TPSA) is 92.4 Å². The van der Waals surface area contributed by atoms with Crippen LogP contribution in [0, 0.1) is 6.92 Å². The number of sulfonamides is 1. The standard InChI is InChI=1S/C10H15ClN2O3S/c1-6(14)5-13-17(15,16)8-3-9(11)7(2)10(12)4-8/h3-4,6,13-14H,5,12H2,1-2H3/t6-/m0/s1. The molecule has 0 saturated heterocycles. The lowest BCUT2D eigenvalue weighted by Crippen LogP contribution is -2.30. The van der Waals surface area contributed by atoms with E-state index < -0.39 is 16.1 Å². The number of aliphatic hydroxyl groups is 1. The predicted octanol–water partition coefficient (Wildman–Crippen LogP) is 0.890. The Labute approximate surface area is 106 Å². The number of hydrogen-bond donors (Lipinski definition) is 3. The summed E-state index contributed by atoms with van der Waals surface area (Å²) >= 11 is 5.87. The van der Waals surface area contributed by atoms with E-state index in [4.69, 9.17) is 22.4 Å². The van der Waals surface area contributed by atoms with E-state index in [1.165, 1.54) is 19.1 Å². The number of nitrogens with two attached hydrogens (primary N) is 1. The van der Waals surface area contributed by atoms with Crippen LogP contribution in [0.5, 0.6) is 0 Å². The third-order valence-electron chi connectivity index (χ3n) is 2.24. The van der Waals surface area contributed by atoms with Crippen molar-refractivity contribution in [3.63, 3.8) is 0 Å². The molecule has 1 aromatic rings. The molecule has 0 aromatic heterocycles. The molecule has 1 rings (SSSR count). The summed E-state index contributed by atoms with van der Waals surface area (Å²) in [5.74, 6) is 0. The number of nitrogen functional groups attached to an aromatic ring is 1. The molecule has 7 heteroatoms. The van der Waals surface area contributed by atoms with Gasteiger partial charge in [-0.25, -0.2) is 13.1 Å². The molecule has 0 aliphatic heterocycles. The second-order valence-corrected chi connectivity index (χ2v) is 5.99. The Balaban J connectivity index is 3.08. The summed E-state index contributed by atoms with van der Waals surface area (Å²) in [7, 11) is -3.69. The second-order valence-electron chi connectivity index (χ2n) is 3.82. The highest BCUT2D eigenvalue weighted by atomic mass is 35.5. The Morgan fingerprint density at radius 1 is 1.53 bits per heavy atom. The number of nitrogens with one attached hydrogen (secondary N) is 1. The van der Waals surface area contributed by atoms with Crippen LogP contribution in [0.25, 0.3) is 0 Å². The van der Waals surface area contributed by atoms with Crippen molar-refractivity contribution in [3.05, 3.63) is 22.7 Å². The Hall–Kier alpha value is -0.820. The van der Waals surface area contributed by atoms with Crippen LogP contribution in [0.2, 0.25) is 5.02 Å². The van der Waals surface area contributed by atoms with Crippen molar-refractivity contribution < 1.29 is 13.5 Å². The average molecular weight is 279 g/mol. The fourth-order valence-electron chi connectivity index (χ4n) is 1.14. The van der Waals surface area contributed by atoms with Gasteiger partial charge in [0.1, 0.15) is 0 Å². The van der Waals surface area contributed by atoms with Gasteiger partial charge in [0.15, 0.2) is 0 Å². The summed E-state index contributed by atoms with van der Waals surface area (Å²) in [6.07, 6.45) is -0.761. The van der Waals surface area contributed by atoms with Crippen LogP contribution >= 0.6 is 11.6 Å². The fraction of sp³-hybridized carbons (Fsp3) is 0.400. The molecule has 0 spiro atoms. The molecule has 0 saturated carbocycles. The maximum atomic E-state index is 11.8. The summed E-state index contributed by atoms with van der Waals surface area (Å²) in [4.78, 5) is -0.00810. The number of anilines is 1. The molecule has 4 N–H and O–H groups in total. The monoisotopic (exact) mass is 278 g/mol. The maximum absolute atomic E-state index is 11.8. The smallest absolute Gasteiger partial charge is 0.240 e. The van der Waals surface area contributed by atoms with Gasteiger partial charge < -0.3 is 10.8 Å². The highest BCUT2D eigenvalue weighted by Gasteiger charge is 2.17. The maximum Gasteiger partial charge on any atom is 0.240 e. The zero-order chi connectivity index (χ0) is 13.2. The third-order valence-corrected chi connectivity index (χ3v) is 4.03. The molecule has 0 aliphatic carbocycles. The van der Waals surface area contributed by atoms with Crippen LogP contribution in [0.15, 0.2) is 17.0 Å². The van der Waals surface area contributed by atoms with Crippen LogP contribution < -0.4 is 10.5 Å². The molecule has 1 atom stereocenters. The lowest BCUT2D eigenvalue weighted by atomic mass is 10.2. The molecule has 96 valence electrons. The lowest BCUT2D eigenvalue weighted by Gasteiger charge is -2.10. The zero-order valence-corrected chi connectivity index (χ0v) is 11.1. The highest BCUT2D eigenvalue weighted by molar-refractivity contribution is 7.89. The predicted molar refractivity (Wildman–Crippen MR) is 67.5 cm³/mol. The highest BCUT2D eigenvalue weighted by Crippen LogP contribution is 2.25. The first kappa shape index (κ1) is 14.2. The number of benzene rings is 1. The minimum absolute atomic E-state index is 0.00810. The van der Waals surface area contributed by atoms with Gasteiger partial charge >= 0.3 is 0 Å². The number of rotatable bonds is 4. The van der Waals surface area contributed by atoms with E-state index in [0.717, 1.165) is 0 Å². The molecule has 0 amide bonds. The van der Waals surface area contributed by atoms with Gasteiger partial charge in [0, 0.05) is 17.3 Å². The van der Waals surface area contributed by atoms with Gasteiger partial charge in [-0.3, -0.25) is 0 Å². The summed E-state index contributed by atoms with van der Waals surface area (Å²) in [6.45, 7) is 3.13. The summed E-state index contributed by atoms with van der Waals surface area (Å²) in [5.41, 5.74) is 6.60. The van der Waals surface area contributed by atoms with Crippen LogP contribution in [-0.2, 0) is 10.0 Å². The van der Waals surface area contributed by atoms with Gasteiger partial charge in [0.25, 0.3) is 0 Å². The van der Waals surface area contributed by atoms with Crippen molar-refractivity contribution in [1.29, 1.82) is 0 Å². The first-order valence-corrected chi connectivity index (χ1v) is 6.83. The van der Waals surface area contributed by atoms with Crippen molar-refractivity contribution in [2.45, 2.75) is 24.8 Å². The van der Waals surface area contributed by atoms with Crippen molar-refractivity contribution >= 4 is 27.3 Å². The average Bonchev–Trinajstić information content (AvgIpc) is 2.22. The van der Waals surface area contributed by atoms with Gasteiger partial charge in [-0.05, 0) is 31.5 Å². The molecule has 5 nitrogen and oxygen atoms in total. The minimum Gasteiger partial charge on any atom is -0.398 e. The quantitative estimate of drug-likeness (QED) is 0.713. The van der Waals surface area contributed by atoms with Crippen LogP contribution in [0.3, 0.4) is 0 Å². The van der Waals surface area contributed by atoms with Crippen LogP contribution in [-0.4, -0.2) is 26.2 Å². The van der Waals surface area contributed by atoms with Gasteiger partial charge in [-0.1, -0.05) is 11.6 Å². The summed E-state index contributed by atoms with van der Waals surface area (Å²) in [6, 6.07) is 2.67. The molecule has 0 heterocycles. The lowest BCUT2D eigenvalue weighted by molar-refractivity contribution is 0.198. The van der Waals surface area contributed by atoms with Crippen molar-refractivity contribution in [3.8, 4) is 0 Å². The van der Waals surface area contributed by atoms with Crippen molar-refractivity contribution in [1.82, 2.24) is 4.72 Å². The largest absolute Gasteiger partial charge is 0.398 e. The molecule has 1 aromatic carbocycles. The summed E-state index contributed by atoms with van der Waals surface area (Å²) < 4.78 is 25.9. The van der Waals surface area contributed by atoms with Gasteiger partial charge in [0.2, 0.25) is 10.0 Å². The molecule has 17 heavy (non-hydrogen) atoms. The van der Waals surface area contributed by atoms with E-state index >= 15 is 0 Å². The van der Waals surface area contributed by atoms with E-state index in [1.807, 2.05) is 0 Å². The number of aliphatic hydroxyl groups excluding tert-OH is 1. The first-order chi connectivity index (χ1) is 7.74. The number of hydrogen-bond acceptors (Lipinski definition) is 4. The Kier molecular flexibility index (Phi) is 4.37. The molecular weight excluding hydrogens is 264 g/mol. The normalized spacial score (nSPS) is 13.6. The third kappa shape index (κ3) is 3.57. The summed E-state index contributed by atoms with van der Waals surface area (Å²) in [5, 5.41) is 9.33. The van der Waals surface area contributed by atoms with Gasteiger partial charge in [-0.15, -0.1) is 0 Å². The SMILES string of the molecule is Cc1c(N)cc(S(=O)(=O)NC[C@H](C)O)cc1Cl. The second kappa shape index (κ2) is 5.22. The van der Waals surface area contributed by atoms with E-state index in [2.05, 4.69) is 4.72 Å². The molecule has 0 unspecified atom stereocenters. The first-order valence-electron chi connectivity index (χ1n) is 4.97. The zero-order valence-electron chi connectivity index (χ0n) is 9.57. The van der Waals surface area contributed by atoms with E-state index in [9.17, 15) is 8.42 Å². The molecule has 0 bridgehead atoms. The van der Waals surface area contributed by atoms with E-state index in [1.54, 1.807) is 6.92 Å². The molecule has 0 fully saturated rings. The van der Waals surface area contributed by atoms with E-state index in [-0.39, 0.29) is 11.4 Å². The van der Waals surface area contributed by atoms with E-state index in [0.29, 0.717) is 16.3 Å². The Morgan fingerprint density at radius 3 is 2.59 bits per heavy atom. The molecular formula is C10H15ClN2O3S. The van der Waals surface area contributed by atoms with Crippen molar-refractivity contribution in [2.75, 3.05) is 12.3 Å². The van der Waals surface area contributed by atoms with Crippen molar-refractivity contribution in [2.24, 2.45) is 0 Å². The molecule has 0 aliphatic rings. The van der Waals surface area contributed by atoms with Gasteiger partial charge in [0.05, 0.1) is 11.0 Å². The van der Waals surface area contributed by atoms with Gasteiger partial charge in [-0.2, -0.15) is 0 Å². The van der Waals surface area contributed by atoms with Crippen LogP contribution in [0.4, 0.5) is 5.69 Å².